The molecule has 0 aliphatic carbocycles. The Morgan fingerprint density at radius 3 is 2.59 bits per heavy atom. The van der Waals surface area contributed by atoms with Gasteiger partial charge in [-0.25, -0.2) is 9.97 Å². The highest BCUT2D eigenvalue weighted by Gasteiger charge is 2.11. The molecule has 0 unspecified atom stereocenters. The van der Waals surface area contributed by atoms with Crippen molar-refractivity contribution in [1.82, 2.24) is 9.97 Å². The van der Waals surface area contributed by atoms with E-state index in [0.717, 1.165) is 16.9 Å². The number of halogens is 1. The minimum atomic E-state index is 0.392. The van der Waals surface area contributed by atoms with Crippen LogP contribution in [0.3, 0.4) is 0 Å². The summed E-state index contributed by atoms with van der Waals surface area (Å²) in [5.41, 5.74) is 1.56. The lowest BCUT2D eigenvalue weighted by atomic mass is 10.1. The van der Waals surface area contributed by atoms with Crippen molar-refractivity contribution >= 4 is 11.6 Å². The number of aromatic nitrogens is 2. The summed E-state index contributed by atoms with van der Waals surface area (Å²) in [6, 6.07) is 5.49. The fourth-order valence-electron chi connectivity index (χ4n) is 1.52. The number of ether oxygens (including phenoxy) is 2. The van der Waals surface area contributed by atoms with E-state index in [2.05, 4.69) is 9.97 Å². The van der Waals surface area contributed by atoms with Gasteiger partial charge in [0.15, 0.2) is 0 Å². The van der Waals surface area contributed by atoms with Crippen LogP contribution in [0.25, 0.3) is 11.1 Å². The normalized spacial score (nSPS) is 10.1. The molecular formula is C12H11ClN2O2. The van der Waals surface area contributed by atoms with Crippen molar-refractivity contribution in [2.45, 2.75) is 0 Å². The maximum atomic E-state index is 6.02. The van der Waals surface area contributed by atoms with Crippen LogP contribution in [-0.2, 0) is 0 Å². The number of methoxy groups -OCH3 is 2. The molecule has 0 spiro atoms. The average molecular weight is 251 g/mol. The fraction of sp³-hybridized carbons (Fsp3) is 0.167. The molecule has 0 saturated heterocycles. The van der Waals surface area contributed by atoms with Crippen LogP contribution >= 0.6 is 11.6 Å². The molecule has 17 heavy (non-hydrogen) atoms. The lowest BCUT2D eigenvalue weighted by molar-refractivity contribution is 0.395. The fourth-order valence-corrected chi connectivity index (χ4v) is 1.71. The molecule has 1 aromatic heterocycles. The van der Waals surface area contributed by atoms with Gasteiger partial charge in [-0.1, -0.05) is 11.6 Å². The smallest absolute Gasteiger partial charge is 0.140 e. The van der Waals surface area contributed by atoms with Gasteiger partial charge in [-0.05, 0) is 12.1 Å². The SMILES string of the molecule is COc1ccc(-c2cncnc2Cl)c(OC)c1. The molecule has 0 radical (unpaired) electrons. The first-order valence-corrected chi connectivity index (χ1v) is 5.32. The van der Waals surface area contributed by atoms with Crippen LogP contribution in [0, 0.1) is 0 Å². The summed E-state index contributed by atoms with van der Waals surface area (Å²) < 4.78 is 10.4. The second kappa shape index (κ2) is 5.01. The molecule has 0 fully saturated rings. The number of nitrogens with zero attached hydrogens (tertiary/aromatic N) is 2. The zero-order valence-electron chi connectivity index (χ0n) is 9.48. The summed E-state index contributed by atoms with van der Waals surface area (Å²) in [6.45, 7) is 0. The van der Waals surface area contributed by atoms with Gasteiger partial charge in [0.2, 0.25) is 0 Å². The van der Waals surface area contributed by atoms with Crippen molar-refractivity contribution in [3.05, 3.63) is 35.9 Å². The molecule has 2 rings (SSSR count). The van der Waals surface area contributed by atoms with Crippen LogP contribution < -0.4 is 9.47 Å². The third-order valence-electron chi connectivity index (χ3n) is 2.36. The minimum Gasteiger partial charge on any atom is -0.497 e. The van der Waals surface area contributed by atoms with E-state index in [-0.39, 0.29) is 0 Å². The third kappa shape index (κ3) is 2.31. The van der Waals surface area contributed by atoms with Crippen molar-refractivity contribution < 1.29 is 9.47 Å². The molecule has 0 aliphatic heterocycles. The Kier molecular flexibility index (Phi) is 3.44. The monoisotopic (exact) mass is 250 g/mol. The number of rotatable bonds is 3. The second-order valence-electron chi connectivity index (χ2n) is 3.29. The molecule has 0 aliphatic rings. The molecule has 5 heteroatoms. The van der Waals surface area contributed by atoms with Crippen molar-refractivity contribution in [1.29, 1.82) is 0 Å². The summed E-state index contributed by atoms with van der Waals surface area (Å²) in [6.07, 6.45) is 3.06. The van der Waals surface area contributed by atoms with Gasteiger partial charge in [0.1, 0.15) is 23.0 Å². The molecule has 4 nitrogen and oxygen atoms in total. The quantitative estimate of drug-likeness (QED) is 0.786. The van der Waals surface area contributed by atoms with Crippen LogP contribution in [0.2, 0.25) is 5.15 Å². The van der Waals surface area contributed by atoms with Gasteiger partial charge >= 0.3 is 0 Å². The highest BCUT2D eigenvalue weighted by molar-refractivity contribution is 6.32. The molecule has 0 atom stereocenters. The Bertz CT molecular complexity index is 532. The summed E-state index contributed by atoms with van der Waals surface area (Å²) in [5.74, 6) is 1.39. The Hall–Kier alpha value is -1.81. The second-order valence-corrected chi connectivity index (χ2v) is 3.65. The first-order valence-electron chi connectivity index (χ1n) is 4.94. The number of hydrogen-bond acceptors (Lipinski definition) is 4. The highest BCUT2D eigenvalue weighted by Crippen LogP contribution is 2.35. The predicted octanol–water partition coefficient (Wildman–Crippen LogP) is 2.81. The van der Waals surface area contributed by atoms with Crippen LogP contribution in [0.15, 0.2) is 30.7 Å². The summed E-state index contributed by atoms with van der Waals surface area (Å²) >= 11 is 6.02. The van der Waals surface area contributed by atoms with E-state index in [1.54, 1.807) is 26.5 Å². The van der Waals surface area contributed by atoms with E-state index < -0.39 is 0 Å². The van der Waals surface area contributed by atoms with Crippen molar-refractivity contribution in [2.24, 2.45) is 0 Å². The van der Waals surface area contributed by atoms with Gasteiger partial charge in [0, 0.05) is 23.4 Å². The van der Waals surface area contributed by atoms with Gasteiger partial charge in [-0.2, -0.15) is 0 Å². The molecule has 2 aromatic rings. The number of benzene rings is 1. The molecule has 1 aromatic carbocycles. The van der Waals surface area contributed by atoms with E-state index in [4.69, 9.17) is 21.1 Å². The highest BCUT2D eigenvalue weighted by atomic mass is 35.5. The van der Waals surface area contributed by atoms with Crippen LogP contribution in [0.4, 0.5) is 0 Å². The van der Waals surface area contributed by atoms with Crippen LogP contribution in [0.5, 0.6) is 11.5 Å². The van der Waals surface area contributed by atoms with E-state index >= 15 is 0 Å². The van der Waals surface area contributed by atoms with Gasteiger partial charge in [0.25, 0.3) is 0 Å². The Morgan fingerprint density at radius 2 is 1.94 bits per heavy atom. The van der Waals surface area contributed by atoms with E-state index in [1.165, 1.54) is 6.33 Å². The number of hydrogen-bond donors (Lipinski definition) is 0. The first-order chi connectivity index (χ1) is 8.26. The van der Waals surface area contributed by atoms with Crippen molar-refractivity contribution in [3.8, 4) is 22.6 Å². The molecule has 88 valence electrons. The zero-order chi connectivity index (χ0) is 12.3. The molecular weight excluding hydrogens is 240 g/mol. The van der Waals surface area contributed by atoms with Crippen LogP contribution in [0.1, 0.15) is 0 Å². The Labute approximate surface area is 104 Å². The largest absolute Gasteiger partial charge is 0.497 e. The Balaban J connectivity index is 2.56. The summed E-state index contributed by atoms with van der Waals surface area (Å²) in [7, 11) is 3.20. The Morgan fingerprint density at radius 1 is 1.12 bits per heavy atom. The first kappa shape index (κ1) is 11.7. The minimum absolute atomic E-state index is 0.392. The predicted molar refractivity (Wildman–Crippen MR) is 65.6 cm³/mol. The van der Waals surface area contributed by atoms with Gasteiger partial charge < -0.3 is 9.47 Å². The summed E-state index contributed by atoms with van der Waals surface area (Å²) in [5, 5.41) is 0.392. The zero-order valence-corrected chi connectivity index (χ0v) is 10.2. The van der Waals surface area contributed by atoms with Crippen molar-refractivity contribution in [3.63, 3.8) is 0 Å². The van der Waals surface area contributed by atoms with Crippen LogP contribution in [-0.4, -0.2) is 24.2 Å². The molecule has 0 bridgehead atoms. The van der Waals surface area contributed by atoms with E-state index in [9.17, 15) is 0 Å². The topological polar surface area (TPSA) is 44.2 Å². The lowest BCUT2D eigenvalue weighted by Crippen LogP contribution is -1.92. The third-order valence-corrected chi connectivity index (χ3v) is 2.66. The maximum absolute atomic E-state index is 6.02. The van der Waals surface area contributed by atoms with Gasteiger partial charge in [-0.3, -0.25) is 0 Å². The maximum Gasteiger partial charge on any atom is 0.140 e. The average Bonchev–Trinajstić information content (AvgIpc) is 2.38. The lowest BCUT2D eigenvalue weighted by Gasteiger charge is -2.10. The summed E-state index contributed by atoms with van der Waals surface area (Å²) in [4.78, 5) is 7.90. The van der Waals surface area contributed by atoms with E-state index in [0.29, 0.717) is 10.9 Å². The standard InChI is InChI=1S/C12H11ClN2O2/c1-16-8-3-4-9(11(5-8)17-2)10-6-14-7-15-12(10)13/h3-7H,1-2H3. The molecule has 1 heterocycles. The van der Waals surface area contributed by atoms with Crippen molar-refractivity contribution in [2.75, 3.05) is 14.2 Å². The van der Waals surface area contributed by atoms with Gasteiger partial charge in [-0.15, -0.1) is 0 Å². The van der Waals surface area contributed by atoms with E-state index in [1.807, 2.05) is 12.1 Å². The van der Waals surface area contributed by atoms with Gasteiger partial charge in [0.05, 0.1) is 14.2 Å². The molecule has 0 N–H and O–H groups in total. The molecule has 0 saturated carbocycles. The molecule has 0 amide bonds.